The van der Waals surface area contributed by atoms with Crippen LogP contribution in [0.25, 0.3) is 0 Å². The molecule has 0 saturated heterocycles. The van der Waals surface area contributed by atoms with Gasteiger partial charge in [0.2, 0.25) is 10.3 Å². The summed E-state index contributed by atoms with van der Waals surface area (Å²) in [4.78, 5) is 13.3. The highest BCUT2D eigenvalue weighted by Gasteiger charge is 2.17. The summed E-state index contributed by atoms with van der Waals surface area (Å²) in [5.74, 6) is -0.403. The maximum atomic E-state index is 11.5. The maximum absolute atomic E-state index is 11.5. The molecule has 0 fully saturated rings. The van der Waals surface area contributed by atoms with Crippen LogP contribution in [-0.2, 0) is 26.2 Å². The average Bonchev–Trinajstić information content (AvgIpc) is 2.66. The van der Waals surface area contributed by atoms with Crippen LogP contribution in [0.3, 0.4) is 0 Å². The van der Waals surface area contributed by atoms with Gasteiger partial charge in [-0.3, -0.25) is 0 Å². The Morgan fingerprint density at radius 2 is 1.93 bits per heavy atom. The van der Waals surface area contributed by atoms with Crippen molar-refractivity contribution in [2.75, 3.05) is 20.7 Å². The topological polar surface area (TPSA) is 88.4 Å². The highest BCUT2D eigenvalue weighted by Crippen LogP contribution is 2.18. The Kier molecular flexibility index (Phi) is 7.45. The largest absolute Gasteiger partial charge is 0.462 e. The van der Waals surface area contributed by atoms with Crippen LogP contribution >= 0.6 is 0 Å². The Morgan fingerprint density at radius 3 is 2.50 bits per heavy atom. The van der Waals surface area contributed by atoms with Gasteiger partial charge in [0.05, 0.1) is 12.3 Å². The fourth-order valence-electron chi connectivity index (χ4n) is 2.33. The number of hydrogen-bond donors (Lipinski definition) is 0. The molecule has 1 aromatic carbocycles. The van der Waals surface area contributed by atoms with Crippen molar-refractivity contribution in [2.24, 2.45) is 10.2 Å². The summed E-state index contributed by atoms with van der Waals surface area (Å²) in [6.07, 6.45) is 5.68. The molecule has 1 aliphatic carbocycles. The maximum Gasteiger partial charge on any atom is 0.333 e. The van der Waals surface area contributed by atoms with Crippen molar-refractivity contribution >= 4 is 26.8 Å². The fraction of sp³-hybridized carbons (Fsp3) is 0.300. The number of carbonyl (C=O) groups is 1. The van der Waals surface area contributed by atoms with Crippen LogP contribution in [0.2, 0.25) is 0 Å². The van der Waals surface area contributed by atoms with Crippen molar-refractivity contribution in [1.29, 1.82) is 0 Å². The second-order valence-electron chi connectivity index (χ2n) is 6.45. The Balaban J connectivity index is 2.01. The molecule has 2 rings (SSSR count). The van der Waals surface area contributed by atoms with Gasteiger partial charge in [0, 0.05) is 31.8 Å². The molecule has 0 aliphatic heterocycles. The number of esters is 1. The molecule has 7 nitrogen and oxygen atoms in total. The van der Waals surface area contributed by atoms with Gasteiger partial charge in [-0.05, 0) is 36.8 Å². The molecule has 1 aliphatic rings. The summed E-state index contributed by atoms with van der Waals surface area (Å²) in [6.45, 7) is 5.41. The summed E-state index contributed by atoms with van der Waals surface area (Å²) in [5, 5.41) is 8.30. The molecule has 1 aromatic rings. The molecule has 0 radical (unpaired) electrons. The standard InChI is InChI=1S/C20H23N3O4S/c1-14(2)20(24)27-12-11-15-5-7-16(8-6-15)21-22-18-10-9-17(23(3)4)13-19(18)28(25)26/h5-10,13,18H,1,11-12H2,2-4H3. The Labute approximate surface area is 166 Å². The molecule has 0 spiro atoms. The minimum absolute atomic E-state index is 0.172. The Morgan fingerprint density at radius 1 is 1.25 bits per heavy atom. The molecular formula is C20H23N3O4S. The third-order valence-corrected chi connectivity index (χ3v) is 4.69. The monoisotopic (exact) mass is 401 g/mol. The van der Waals surface area contributed by atoms with Crippen LogP contribution in [0.1, 0.15) is 12.5 Å². The summed E-state index contributed by atoms with van der Waals surface area (Å²) in [7, 11) is 1.29. The number of likely N-dealkylation sites (N-methyl/N-ethyl adjacent to an activating group) is 1. The molecular weight excluding hydrogens is 378 g/mol. The lowest BCUT2D eigenvalue weighted by molar-refractivity contribution is -0.138. The molecule has 8 heteroatoms. The van der Waals surface area contributed by atoms with Crippen LogP contribution in [0.4, 0.5) is 5.69 Å². The van der Waals surface area contributed by atoms with E-state index in [4.69, 9.17) is 4.74 Å². The third kappa shape index (κ3) is 6.02. The first-order valence-electron chi connectivity index (χ1n) is 8.63. The van der Waals surface area contributed by atoms with Gasteiger partial charge in [-0.25, -0.2) is 4.79 Å². The molecule has 1 unspecified atom stereocenters. The Hall–Kier alpha value is -3.00. The van der Waals surface area contributed by atoms with E-state index in [-0.39, 0.29) is 11.5 Å². The predicted molar refractivity (Wildman–Crippen MR) is 109 cm³/mol. The summed E-state index contributed by atoms with van der Waals surface area (Å²) < 4.78 is 28.1. The first kappa shape index (κ1) is 21.3. The van der Waals surface area contributed by atoms with Crippen molar-refractivity contribution in [3.63, 3.8) is 0 Å². The minimum atomic E-state index is -2.38. The molecule has 0 saturated carbocycles. The van der Waals surface area contributed by atoms with Gasteiger partial charge in [0.15, 0.2) is 0 Å². The van der Waals surface area contributed by atoms with Crippen molar-refractivity contribution in [1.82, 2.24) is 4.90 Å². The summed E-state index contributed by atoms with van der Waals surface area (Å²) >= 11 is 0. The molecule has 1 atom stereocenters. The zero-order chi connectivity index (χ0) is 20.7. The number of benzene rings is 1. The molecule has 0 heterocycles. The van der Waals surface area contributed by atoms with E-state index in [2.05, 4.69) is 16.8 Å². The number of nitrogens with zero attached hydrogens (tertiary/aromatic N) is 3. The molecule has 28 heavy (non-hydrogen) atoms. The molecule has 148 valence electrons. The van der Waals surface area contributed by atoms with E-state index >= 15 is 0 Å². The van der Waals surface area contributed by atoms with Gasteiger partial charge < -0.3 is 9.64 Å². The quantitative estimate of drug-likeness (QED) is 0.303. The van der Waals surface area contributed by atoms with E-state index < -0.39 is 22.3 Å². The summed E-state index contributed by atoms with van der Waals surface area (Å²) in [6, 6.07) is 6.63. The molecule has 0 amide bonds. The van der Waals surface area contributed by atoms with Gasteiger partial charge in [-0.15, -0.1) is 0 Å². The van der Waals surface area contributed by atoms with Crippen molar-refractivity contribution in [3.8, 4) is 0 Å². The van der Waals surface area contributed by atoms with E-state index in [1.54, 1.807) is 31.2 Å². The normalized spacial score (nSPS) is 16.0. The SMILES string of the molecule is C=C(C)C(=O)OCCc1ccc(N=NC2C=CC(N(C)C)=CC2=S(=O)=O)cc1. The number of allylic oxidation sites excluding steroid dienone is 1. The molecule has 0 bridgehead atoms. The van der Waals surface area contributed by atoms with Gasteiger partial charge in [-0.1, -0.05) is 24.8 Å². The van der Waals surface area contributed by atoms with E-state index in [1.807, 2.05) is 37.2 Å². The first-order chi connectivity index (χ1) is 13.3. The molecule has 0 N–H and O–H groups in total. The van der Waals surface area contributed by atoms with E-state index in [9.17, 15) is 13.2 Å². The molecule has 0 aromatic heterocycles. The number of rotatable bonds is 7. The smallest absolute Gasteiger partial charge is 0.333 e. The third-order valence-electron chi connectivity index (χ3n) is 3.95. The van der Waals surface area contributed by atoms with Crippen LogP contribution in [0.5, 0.6) is 0 Å². The van der Waals surface area contributed by atoms with Gasteiger partial charge in [-0.2, -0.15) is 18.6 Å². The fourth-order valence-corrected chi connectivity index (χ4v) is 2.87. The number of hydrogen-bond acceptors (Lipinski definition) is 7. The van der Waals surface area contributed by atoms with Crippen LogP contribution in [0, 0.1) is 0 Å². The lowest BCUT2D eigenvalue weighted by Gasteiger charge is -2.18. The Bertz CT molecular complexity index is 963. The average molecular weight is 401 g/mol. The van der Waals surface area contributed by atoms with Crippen molar-refractivity contribution in [3.05, 3.63) is 65.9 Å². The van der Waals surface area contributed by atoms with E-state index in [0.29, 0.717) is 17.7 Å². The number of ether oxygens (including phenoxy) is 1. The van der Waals surface area contributed by atoms with E-state index in [0.717, 1.165) is 11.3 Å². The summed E-state index contributed by atoms with van der Waals surface area (Å²) in [5.41, 5.74) is 2.74. The minimum Gasteiger partial charge on any atom is -0.462 e. The second-order valence-corrected chi connectivity index (χ2v) is 7.39. The van der Waals surface area contributed by atoms with E-state index in [1.165, 1.54) is 0 Å². The van der Waals surface area contributed by atoms with Gasteiger partial charge >= 0.3 is 5.97 Å². The van der Waals surface area contributed by atoms with Crippen LogP contribution in [-0.4, -0.2) is 50.9 Å². The highest BCUT2D eigenvalue weighted by molar-refractivity contribution is 7.73. The highest BCUT2D eigenvalue weighted by atomic mass is 32.2. The lowest BCUT2D eigenvalue weighted by atomic mass is 10.1. The lowest BCUT2D eigenvalue weighted by Crippen LogP contribution is -2.22. The first-order valence-corrected chi connectivity index (χ1v) is 9.71. The zero-order valence-corrected chi connectivity index (χ0v) is 16.9. The number of carbonyl (C=O) groups excluding carboxylic acids is 1. The van der Waals surface area contributed by atoms with Crippen molar-refractivity contribution < 1.29 is 17.9 Å². The van der Waals surface area contributed by atoms with Crippen LogP contribution in [0.15, 0.2) is 70.6 Å². The van der Waals surface area contributed by atoms with Gasteiger partial charge in [0.1, 0.15) is 10.9 Å². The number of azo groups is 1. The predicted octanol–water partition coefficient (Wildman–Crippen LogP) is 2.87. The second kappa shape index (κ2) is 9.80. The zero-order valence-electron chi connectivity index (χ0n) is 16.1. The van der Waals surface area contributed by atoms with Crippen LogP contribution < -0.4 is 0 Å². The van der Waals surface area contributed by atoms with Crippen molar-refractivity contribution in [2.45, 2.75) is 19.4 Å². The van der Waals surface area contributed by atoms with Gasteiger partial charge in [0.25, 0.3) is 0 Å².